The molecule has 1 atom stereocenters. The quantitative estimate of drug-likeness (QED) is 0.944. The second kappa shape index (κ2) is 5.85. The van der Waals surface area contributed by atoms with Crippen LogP contribution in [0.15, 0.2) is 30.3 Å². The van der Waals surface area contributed by atoms with Crippen LogP contribution in [-0.2, 0) is 11.3 Å². The zero-order chi connectivity index (χ0) is 16.6. The fourth-order valence-corrected chi connectivity index (χ4v) is 3.00. The molecular formula is C17H18F2N2O2. The van der Waals surface area contributed by atoms with E-state index in [4.69, 9.17) is 5.11 Å². The van der Waals surface area contributed by atoms with Gasteiger partial charge in [-0.1, -0.05) is 12.1 Å². The van der Waals surface area contributed by atoms with Gasteiger partial charge in [0.1, 0.15) is 5.92 Å². The highest BCUT2D eigenvalue weighted by atomic mass is 19.3. The molecule has 23 heavy (non-hydrogen) atoms. The molecule has 0 aliphatic carbocycles. The van der Waals surface area contributed by atoms with Crippen molar-refractivity contribution in [1.82, 2.24) is 9.88 Å². The molecule has 2 heterocycles. The number of pyridine rings is 1. The van der Waals surface area contributed by atoms with E-state index in [0.717, 1.165) is 22.2 Å². The molecule has 6 heteroatoms. The van der Waals surface area contributed by atoms with Crippen LogP contribution in [0.5, 0.6) is 0 Å². The number of aryl methyl sites for hydroxylation is 1. The highest BCUT2D eigenvalue weighted by molar-refractivity contribution is 5.79. The summed E-state index contributed by atoms with van der Waals surface area (Å²) >= 11 is 0. The Balaban J connectivity index is 1.77. The molecule has 1 aliphatic heterocycles. The molecule has 0 radical (unpaired) electrons. The molecule has 0 saturated carbocycles. The van der Waals surface area contributed by atoms with Crippen LogP contribution in [0.4, 0.5) is 8.78 Å². The molecule has 0 amide bonds. The van der Waals surface area contributed by atoms with Gasteiger partial charge in [0.2, 0.25) is 0 Å². The van der Waals surface area contributed by atoms with Gasteiger partial charge in [0, 0.05) is 37.1 Å². The average Bonchev–Trinajstić information content (AvgIpc) is 2.49. The molecule has 1 aromatic carbocycles. The first-order chi connectivity index (χ1) is 10.8. The molecule has 0 spiro atoms. The number of nitrogens with zero attached hydrogens (tertiary/aromatic N) is 2. The predicted octanol–water partition coefficient (Wildman–Crippen LogP) is 3.09. The number of likely N-dealkylation sites (tertiary alicyclic amines) is 1. The number of hydrogen-bond donors (Lipinski definition) is 1. The predicted molar refractivity (Wildman–Crippen MR) is 82.4 cm³/mol. The number of fused-ring (bicyclic) bond motifs is 1. The molecule has 0 bridgehead atoms. The third kappa shape index (κ3) is 3.32. The van der Waals surface area contributed by atoms with Crippen LogP contribution in [-0.4, -0.2) is 40.0 Å². The topological polar surface area (TPSA) is 53.4 Å². The van der Waals surface area contributed by atoms with E-state index in [1.807, 2.05) is 37.3 Å². The Morgan fingerprint density at radius 3 is 2.91 bits per heavy atom. The van der Waals surface area contributed by atoms with Crippen LogP contribution in [0.3, 0.4) is 0 Å². The summed E-state index contributed by atoms with van der Waals surface area (Å²) in [6.07, 6.45) is -0.418. The minimum Gasteiger partial charge on any atom is -0.481 e. The van der Waals surface area contributed by atoms with Crippen molar-refractivity contribution in [3.63, 3.8) is 0 Å². The van der Waals surface area contributed by atoms with Crippen molar-refractivity contribution in [1.29, 1.82) is 0 Å². The highest BCUT2D eigenvalue weighted by Crippen LogP contribution is 2.34. The molecular weight excluding hydrogens is 302 g/mol. The molecule has 2 aromatic rings. The van der Waals surface area contributed by atoms with Crippen molar-refractivity contribution < 1.29 is 18.7 Å². The number of carboxylic acid groups (broad SMARTS) is 1. The third-order valence-electron chi connectivity index (χ3n) is 4.31. The monoisotopic (exact) mass is 320 g/mol. The first kappa shape index (κ1) is 15.8. The van der Waals surface area contributed by atoms with E-state index in [1.165, 1.54) is 0 Å². The van der Waals surface area contributed by atoms with Gasteiger partial charge in [-0.2, -0.15) is 0 Å². The highest BCUT2D eigenvalue weighted by Gasteiger charge is 2.48. The van der Waals surface area contributed by atoms with Gasteiger partial charge >= 0.3 is 5.97 Å². The molecule has 1 fully saturated rings. The maximum absolute atomic E-state index is 13.7. The number of carboxylic acids is 1. The van der Waals surface area contributed by atoms with Gasteiger partial charge in [0.05, 0.1) is 5.52 Å². The number of halogens is 2. The van der Waals surface area contributed by atoms with Gasteiger partial charge < -0.3 is 5.11 Å². The van der Waals surface area contributed by atoms with E-state index in [-0.39, 0.29) is 13.1 Å². The summed E-state index contributed by atoms with van der Waals surface area (Å²) < 4.78 is 27.3. The van der Waals surface area contributed by atoms with E-state index < -0.39 is 24.2 Å². The van der Waals surface area contributed by atoms with E-state index >= 15 is 0 Å². The average molecular weight is 320 g/mol. The van der Waals surface area contributed by atoms with Crippen LogP contribution < -0.4 is 0 Å². The van der Waals surface area contributed by atoms with E-state index in [1.54, 1.807) is 4.90 Å². The molecule has 1 saturated heterocycles. The first-order valence-corrected chi connectivity index (χ1v) is 7.54. The molecule has 3 rings (SSSR count). The van der Waals surface area contributed by atoms with Crippen LogP contribution in [0.1, 0.15) is 17.7 Å². The van der Waals surface area contributed by atoms with Crippen molar-refractivity contribution in [3.8, 4) is 0 Å². The normalized spacial score (nSPS) is 21.4. The van der Waals surface area contributed by atoms with Gasteiger partial charge in [-0.25, -0.2) is 8.78 Å². The minimum atomic E-state index is -3.13. The summed E-state index contributed by atoms with van der Waals surface area (Å²) in [6, 6.07) is 9.70. The largest absolute Gasteiger partial charge is 0.481 e. The number of benzene rings is 1. The lowest BCUT2D eigenvalue weighted by atomic mass is 9.93. The Kier molecular flexibility index (Phi) is 4.02. The Hall–Kier alpha value is -2.08. The number of hydrogen-bond acceptors (Lipinski definition) is 3. The summed E-state index contributed by atoms with van der Waals surface area (Å²) in [4.78, 5) is 17.3. The Morgan fingerprint density at radius 1 is 1.39 bits per heavy atom. The lowest BCUT2D eigenvalue weighted by Gasteiger charge is -2.36. The smallest absolute Gasteiger partial charge is 0.313 e. The zero-order valence-corrected chi connectivity index (χ0v) is 12.8. The molecule has 1 unspecified atom stereocenters. The number of rotatable bonds is 3. The van der Waals surface area contributed by atoms with Gasteiger partial charge in [0.15, 0.2) is 0 Å². The number of aliphatic carboxylic acids is 1. The van der Waals surface area contributed by atoms with E-state index in [9.17, 15) is 13.6 Å². The van der Waals surface area contributed by atoms with Crippen LogP contribution in [0.2, 0.25) is 0 Å². The summed E-state index contributed by atoms with van der Waals surface area (Å²) in [7, 11) is 0. The van der Waals surface area contributed by atoms with E-state index in [0.29, 0.717) is 6.54 Å². The van der Waals surface area contributed by atoms with Crippen LogP contribution in [0, 0.1) is 12.8 Å². The van der Waals surface area contributed by atoms with Gasteiger partial charge in [-0.15, -0.1) is 0 Å². The van der Waals surface area contributed by atoms with Gasteiger partial charge in [-0.05, 0) is 30.7 Å². The minimum absolute atomic E-state index is 0.132. The van der Waals surface area contributed by atoms with E-state index in [2.05, 4.69) is 4.98 Å². The number of aromatic nitrogens is 1. The fraction of sp³-hybridized carbons (Fsp3) is 0.412. The first-order valence-electron chi connectivity index (χ1n) is 7.54. The molecule has 4 nitrogen and oxygen atoms in total. The Labute approximate surface area is 132 Å². The second-order valence-electron chi connectivity index (χ2n) is 6.12. The maximum atomic E-state index is 13.7. The second-order valence-corrected chi connectivity index (χ2v) is 6.12. The summed E-state index contributed by atoms with van der Waals surface area (Å²) in [5.41, 5.74) is 2.80. The van der Waals surface area contributed by atoms with Gasteiger partial charge in [0.25, 0.3) is 5.92 Å². The lowest BCUT2D eigenvalue weighted by Crippen LogP contribution is -2.49. The SMILES string of the molecule is Cc1ccc2cc(CN3CCC(F)(F)C(C(=O)O)C3)ccc2n1. The van der Waals surface area contributed by atoms with Crippen molar-refractivity contribution >= 4 is 16.9 Å². The Morgan fingerprint density at radius 2 is 2.17 bits per heavy atom. The van der Waals surface area contributed by atoms with Crippen molar-refractivity contribution in [2.75, 3.05) is 13.1 Å². The van der Waals surface area contributed by atoms with Crippen molar-refractivity contribution in [2.45, 2.75) is 25.8 Å². The van der Waals surface area contributed by atoms with Gasteiger partial charge in [-0.3, -0.25) is 14.7 Å². The standard InChI is InChI=1S/C17H18F2N2O2/c1-11-2-4-13-8-12(3-5-15(13)20-11)9-21-7-6-17(18,19)14(10-21)16(22)23/h2-5,8,14H,6-7,9-10H2,1H3,(H,22,23). The molecule has 1 aromatic heterocycles. The Bertz CT molecular complexity index is 748. The summed E-state index contributed by atoms with van der Waals surface area (Å²) in [5.74, 6) is -6.20. The van der Waals surface area contributed by atoms with Crippen molar-refractivity contribution in [3.05, 3.63) is 41.6 Å². The number of piperidine rings is 1. The summed E-state index contributed by atoms with van der Waals surface area (Å²) in [6.45, 7) is 2.45. The van der Waals surface area contributed by atoms with Crippen LogP contribution >= 0.6 is 0 Å². The molecule has 122 valence electrons. The number of carbonyl (C=O) groups is 1. The van der Waals surface area contributed by atoms with Crippen molar-refractivity contribution in [2.24, 2.45) is 5.92 Å². The number of alkyl halides is 2. The summed E-state index contributed by atoms with van der Waals surface area (Å²) in [5, 5.41) is 10.0. The maximum Gasteiger partial charge on any atom is 0.313 e. The molecule has 1 N–H and O–H groups in total. The fourth-order valence-electron chi connectivity index (χ4n) is 3.00. The zero-order valence-electron chi connectivity index (χ0n) is 12.8. The molecule has 1 aliphatic rings. The third-order valence-corrected chi connectivity index (χ3v) is 4.31. The lowest BCUT2D eigenvalue weighted by molar-refractivity contribution is -0.167. The van der Waals surface area contributed by atoms with Crippen LogP contribution in [0.25, 0.3) is 10.9 Å².